The molecule has 100 valence electrons. The number of hydrogen-bond donors (Lipinski definition) is 2. The smallest absolute Gasteiger partial charge is 0.361 e. The molecule has 8 heteroatoms. The van der Waals surface area contributed by atoms with Crippen LogP contribution in [0.3, 0.4) is 0 Å². The van der Waals surface area contributed by atoms with Crippen molar-refractivity contribution in [2.24, 2.45) is 0 Å². The summed E-state index contributed by atoms with van der Waals surface area (Å²) >= 11 is 5.66. The SMILES string of the molecule is CCOC(=O)c1n[nH]nc1-c1cc(F)cc(Cl)c1O. The lowest BCUT2D eigenvalue weighted by Gasteiger charge is -2.05. The number of phenolic OH excluding ortho intramolecular Hbond substituents is 1. The highest BCUT2D eigenvalue weighted by molar-refractivity contribution is 6.32. The summed E-state index contributed by atoms with van der Waals surface area (Å²) in [6.45, 7) is 1.79. The summed E-state index contributed by atoms with van der Waals surface area (Å²) in [5.74, 6) is -1.79. The average Bonchev–Trinajstić information content (AvgIpc) is 2.83. The number of nitrogens with zero attached hydrogens (tertiary/aromatic N) is 2. The first kappa shape index (κ1) is 13.3. The lowest BCUT2D eigenvalue weighted by atomic mass is 10.1. The molecule has 1 heterocycles. The molecule has 19 heavy (non-hydrogen) atoms. The largest absolute Gasteiger partial charge is 0.506 e. The molecule has 2 rings (SSSR count). The zero-order valence-corrected chi connectivity index (χ0v) is 10.5. The van der Waals surface area contributed by atoms with Gasteiger partial charge < -0.3 is 9.84 Å². The van der Waals surface area contributed by atoms with Gasteiger partial charge in [-0.3, -0.25) is 0 Å². The minimum absolute atomic E-state index is 0.0302. The fraction of sp³-hybridized carbons (Fsp3) is 0.182. The van der Waals surface area contributed by atoms with Crippen LogP contribution >= 0.6 is 11.6 Å². The first-order chi connectivity index (χ1) is 9.04. The molecule has 0 radical (unpaired) electrons. The molecule has 0 bridgehead atoms. The van der Waals surface area contributed by atoms with Gasteiger partial charge in [-0.05, 0) is 19.1 Å². The molecule has 0 spiro atoms. The Kier molecular flexibility index (Phi) is 3.66. The van der Waals surface area contributed by atoms with Crippen molar-refractivity contribution in [3.63, 3.8) is 0 Å². The summed E-state index contributed by atoms with van der Waals surface area (Å²) in [5, 5.41) is 19.2. The monoisotopic (exact) mass is 285 g/mol. The second-order valence-electron chi connectivity index (χ2n) is 3.53. The van der Waals surface area contributed by atoms with Crippen LogP contribution in [-0.4, -0.2) is 33.1 Å². The van der Waals surface area contributed by atoms with Crippen molar-refractivity contribution in [1.29, 1.82) is 0 Å². The Morgan fingerprint density at radius 1 is 1.53 bits per heavy atom. The number of aromatic amines is 1. The van der Waals surface area contributed by atoms with E-state index in [1.165, 1.54) is 0 Å². The normalized spacial score (nSPS) is 10.5. The summed E-state index contributed by atoms with van der Waals surface area (Å²) < 4.78 is 18.1. The van der Waals surface area contributed by atoms with E-state index in [1.807, 2.05) is 0 Å². The van der Waals surface area contributed by atoms with E-state index in [9.17, 15) is 14.3 Å². The number of H-pyrrole nitrogens is 1. The number of phenols is 1. The molecule has 0 fully saturated rings. The Labute approximate surface area is 112 Å². The van der Waals surface area contributed by atoms with Crippen LogP contribution in [0.4, 0.5) is 4.39 Å². The number of halogens is 2. The Morgan fingerprint density at radius 3 is 2.95 bits per heavy atom. The number of esters is 1. The number of nitrogens with one attached hydrogen (secondary N) is 1. The maximum Gasteiger partial charge on any atom is 0.361 e. The van der Waals surface area contributed by atoms with E-state index >= 15 is 0 Å². The molecule has 0 atom stereocenters. The fourth-order valence-corrected chi connectivity index (χ4v) is 1.71. The first-order valence-electron chi connectivity index (χ1n) is 5.30. The average molecular weight is 286 g/mol. The molecule has 2 N–H and O–H groups in total. The van der Waals surface area contributed by atoms with E-state index in [0.717, 1.165) is 12.1 Å². The second kappa shape index (κ2) is 5.23. The summed E-state index contributed by atoms with van der Waals surface area (Å²) in [5.41, 5.74) is -0.224. The number of rotatable bonds is 3. The van der Waals surface area contributed by atoms with Crippen molar-refractivity contribution in [3.8, 4) is 17.0 Å². The van der Waals surface area contributed by atoms with Gasteiger partial charge in [0.1, 0.15) is 17.3 Å². The lowest BCUT2D eigenvalue weighted by Crippen LogP contribution is -2.07. The Bertz CT molecular complexity index is 630. The maximum absolute atomic E-state index is 13.3. The van der Waals surface area contributed by atoms with E-state index in [0.29, 0.717) is 0 Å². The van der Waals surface area contributed by atoms with Gasteiger partial charge in [0.05, 0.1) is 17.2 Å². The van der Waals surface area contributed by atoms with Gasteiger partial charge in [-0.1, -0.05) is 11.6 Å². The van der Waals surface area contributed by atoms with Gasteiger partial charge >= 0.3 is 5.97 Å². The van der Waals surface area contributed by atoms with Gasteiger partial charge in [-0.2, -0.15) is 10.3 Å². The summed E-state index contributed by atoms with van der Waals surface area (Å²) in [6.07, 6.45) is 0. The van der Waals surface area contributed by atoms with Gasteiger partial charge in [0.15, 0.2) is 5.69 Å². The third-order valence-corrected chi connectivity index (χ3v) is 2.59. The highest BCUT2D eigenvalue weighted by Gasteiger charge is 2.22. The van der Waals surface area contributed by atoms with Gasteiger partial charge in [0.2, 0.25) is 0 Å². The molecule has 0 unspecified atom stereocenters. The van der Waals surface area contributed by atoms with E-state index in [1.54, 1.807) is 6.92 Å². The quantitative estimate of drug-likeness (QED) is 0.844. The molecule has 0 aliphatic rings. The zero-order valence-electron chi connectivity index (χ0n) is 9.78. The number of carbonyl (C=O) groups excluding carboxylic acids is 1. The highest BCUT2D eigenvalue weighted by Crippen LogP contribution is 2.36. The van der Waals surface area contributed by atoms with Crippen LogP contribution in [0.25, 0.3) is 11.3 Å². The van der Waals surface area contributed by atoms with Crippen LogP contribution in [0, 0.1) is 5.82 Å². The van der Waals surface area contributed by atoms with E-state index in [4.69, 9.17) is 16.3 Å². The number of benzene rings is 1. The lowest BCUT2D eigenvalue weighted by molar-refractivity contribution is 0.0520. The molecule has 0 aliphatic heterocycles. The molecular formula is C11H9ClFN3O3. The van der Waals surface area contributed by atoms with Crippen LogP contribution in [0.1, 0.15) is 17.4 Å². The van der Waals surface area contributed by atoms with E-state index < -0.39 is 11.8 Å². The molecule has 0 aliphatic carbocycles. The molecular weight excluding hydrogens is 277 g/mol. The second-order valence-corrected chi connectivity index (χ2v) is 3.93. The van der Waals surface area contributed by atoms with Crippen molar-refractivity contribution in [3.05, 3.63) is 28.7 Å². The summed E-state index contributed by atoms with van der Waals surface area (Å²) in [6, 6.07) is 1.95. The van der Waals surface area contributed by atoms with Crippen LogP contribution in [0.2, 0.25) is 5.02 Å². The zero-order chi connectivity index (χ0) is 14.0. The van der Waals surface area contributed by atoms with Gasteiger partial charge in [0, 0.05) is 0 Å². The third kappa shape index (κ3) is 2.50. The number of aromatic nitrogens is 3. The topological polar surface area (TPSA) is 88.1 Å². The predicted octanol–water partition coefficient (Wildman–Crippen LogP) is 2.15. The van der Waals surface area contributed by atoms with Crippen molar-refractivity contribution in [2.45, 2.75) is 6.92 Å². The summed E-state index contributed by atoms with van der Waals surface area (Å²) in [4.78, 5) is 11.6. The third-order valence-electron chi connectivity index (χ3n) is 2.30. The predicted molar refractivity (Wildman–Crippen MR) is 64.4 cm³/mol. The van der Waals surface area contributed by atoms with Crippen LogP contribution < -0.4 is 0 Å². The van der Waals surface area contributed by atoms with Crippen molar-refractivity contribution < 1.29 is 19.0 Å². The maximum atomic E-state index is 13.3. The van der Waals surface area contributed by atoms with Crippen molar-refractivity contribution >= 4 is 17.6 Å². The van der Waals surface area contributed by atoms with Crippen molar-refractivity contribution in [2.75, 3.05) is 6.61 Å². The molecule has 1 aromatic heterocycles. The molecule has 0 saturated heterocycles. The van der Waals surface area contributed by atoms with Crippen LogP contribution in [0.15, 0.2) is 12.1 Å². The van der Waals surface area contributed by atoms with Gasteiger partial charge in [-0.25, -0.2) is 9.18 Å². The minimum Gasteiger partial charge on any atom is -0.506 e. The van der Waals surface area contributed by atoms with Crippen molar-refractivity contribution in [1.82, 2.24) is 15.4 Å². The van der Waals surface area contributed by atoms with E-state index in [2.05, 4.69) is 15.4 Å². The number of aromatic hydroxyl groups is 1. The Hall–Kier alpha value is -2.15. The molecule has 0 saturated carbocycles. The van der Waals surface area contributed by atoms with Crippen LogP contribution in [0.5, 0.6) is 5.75 Å². The van der Waals surface area contributed by atoms with E-state index in [-0.39, 0.29) is 34.3 Å². The fourth-order valence-electron chi connectivity index (χ4n) is 1.51. The number of hydrogen-bond acceptors (Lipinski definition) is 5. The molecule has 0 amide bonds. The van der Waals surface area contributed by atoms with Crippen LogP contribution in [-0.2, 0) is 4.74 Å². The number of ether oxygens (including phenoxy) is 1. The summed E-state index contributed by atoms with van der Waals surface area (Å²) in [7, 11) is 0. The van der Waals surface area contributed by atoms with Gasteiger partial charge in [0.25, 0.3) is 0 Å². The standard InChI is InChI=1S/C11H9ClFN3O3/c1-2-19-11(18)9-8(14-16-15-9)6-3-5(13)4-7(12)10(6)17/h3-4,17H,2H2,1H3,(H,14,15,16). The molecule has 2 aromatic rings. The van der Waals surface area contributed by atoms with Gasteiger partial charge in [-0.15, -0.1) is 5.10 Å². The molecule has 1 aromatic carbocycles. The first-order valence-corrected chi connectivity index (χ1v) is 5.68. The molecule has 6 nitrogen and oxygen atoms in total. The Balaban J connectivity index is 2.54. The highest BCUT2D eigenvalue weighted by atomic mass is 35.5. The Morgan fingerprint density at radius 2 is 2.26 bits per heavy atom. The minimum atomic E-state index is -0.731. The number of carbonyl (C=O) groups is 1.